The fourth-order valence-corrected chi connectivity index (χ4v) is 1.39. The van der Waals surface area contributed by atoms with E-state index in [2.05, 4.69) is 11.1 Å². The van der Waals surface area contributed by atoms with Gasteiger partial charge >= 0.3 is 0 Å². The van der Waals surface area contributed by atoms with Crippen molar-refractivity contribution in [2.24, 2.45) is 5.73 Å². The maximum atomic E-state index is 10.5. The molecule has 0 atom stereocenters. The number of amidine groups is 1. The minimum Gasteiger partial charge on any atom is -0.358 e. The van der Waals surface area contributed by atoms with Gasteiger partial charge in [-0.1, -0.05) is 11.8 Å². The van der Waals surface area contributed by atoms with E-state index in [-0.39, 0.29) is 17.7 Å². The number of nitrogens with zero attached hydrogens (tertiary/aromatic N) is 1. The van der Waals surface area contributed by atoms with Gasteiger partial charge in [0.25, 0.3) is 0 Å². The Morgan fingerprint density at radius 2 is 2.19 bits per heavy atom. The topological polar surface area (TPSA) is 99.3 Å². The van der Waals surface area contributed by atoms with E-state index in [1.54, 1.807) is 14.1 Å². The van der Waals surface area contributed by atoms with Gasteiger partial charge in [-0.2, -0.15) is 0 Å². The summed E-state index contributed by atoms with van der Waals surface area (Å²) in [7, 11) is 4.66. The van der Waals surface area contributed by atoms with Gasteiger partial charge in [0.05, 0.1) is 5.75 Å². The van der Waals surface area contributed by atoms with Gasteiger partial charge in [0.2, 0.25) is 11.8 Å². The Kier molecular flexibility index (Phi) is 11.8. The first-order valence-corrected chi connectivity index (χ1v) is 5.87. The average molecular weight is 269 g/mol. The standard InChI is InChI=1S/C4H6N2OS.C3H6ClNO.CH5N/c1-6-3(7)2-8-4(6)5;1-5-3(6)2-4;1-2/h5H,2H2,1H3;2H2,1H3,(H,5,6);2H2,1H3. The molecule has 0 spiro atoms. The number of nitrogens with one attached hydrogen (secondary N) is 2. The quantitative estimate of drug-likeness (QED) is 0.567. The van der Waals surface area contributed by atoms with Crippen molar-refractivity contribution in [3.05, 3.63) is 0 Å². The summed E-state index contributed by atoms with van der Waals surface area (Å²) in [6.45, 7) is 0. The van der Waals surface area contributed by atoms with Gasteiger partial charge in [0.1, 0.15) is 5.88 Å². The molecule has 1 fully saturated rings. The molecule has 16 heavy (non-hydrogen) atoms. The van der Waals surface area contributed by atoms with Crippen LogP contribution in [0.1, 0.15) is 0 Å². The molecule has 1 saturated heterocycles. The van der Waals surface area contributed by atoms with Gasteiger partial charge in [0.15, 0.2) is 5.17 Å². The first-order chi connectivity index (χ1) is 7.52. The third kappa shape index (κ3) is 7.49. The molecule has 0 bridgehead atoms. The molecule has 0 saturated carbocycles. The smallest absolute Gasteiger partial charge is 0.238 e. The van der Waals surface area contributed by atoms with E-state index in [1.807, 2.05) is 0 Å². The minimum atomic E-state index is -0.142. The summed E-state index contributed by atoms with van der Waals surface area (Å²) >= 11 is 6.31. The molecule has 0 aromatic rings. The summed E-state index contributed by atoms with van der Waals surface area (Å²) < 4.78 is 0. The van der Waals surface area contributed by atoms with Crippen LogP contribution in [0.2, 0.25) is 0 Å². The van der Waals surface area contributed by atoms with Crippen LogP contribution in [0.4, 0.5) is 0 Å². The number of hydrogen-bond acceptors (Lipinski definition) is 5. The number of rotatable bonds is 1. The zero-order valence-corrected chi connectivity index (χ0v) is 11.1. The lowest BCUT2D eigenvalue weighted by Crippen LogP contribution is -2.23. The van der Waals surface area contributed by atoms with E-state index in [1.165, 1.54) is 23.7 Å². The number of thioether (sulfide) groups is 1. The van der Waals surface area contributed by atoms with Crippen LogP contribution < -0.4 is 11.1 Å². The molecule has 1 aliphatic rings. The van der Waals surface area contributed by atoms with Crippen molar-refractivity contribution >= 4 is 40.3 Å². The molecule has 0 unspecified atom stereocenters. The van der Waals surface area contributed by atoms with Crippen LogP contribution >= 0.6 is 23.4 Å². The number of hydrogen-bond donors (Lipinski definition) is 3. The molecule has 4 N–H and O–H groups in total. The largest absolute Gasteiger partial charge is 0.358 e. The van der Waals surface area contributed by atoms with Gasteiger partial charge in [-0.25, -0.2) is 0 Å². The van der Waals surface area contributed by atoms with Crippen molar-refractivity contribution in [3.8, 4) is 0 Å². The molecule has 94 valence electrons. The Bertz CT molecular complexity index is 228. The van der Waals surface area contributed by atoms with Crippen LogP contribution in [0.15, 0.2) is 0 Å². The van der Waals surface area contributed by atoms with Crippen LogP contribution in [0.3, 0.4) is 0 Å². The summed E-state index contributed by atoms with van der Waals surface area (Å²) in [5, 5.41) is 9.75. The first kappa shape index (κ1) is 17.6. The lowest BCUT2D eigenvalue weighted by Gasteiger charge is -2.03. The second kappa shape index (κ2) is 10.7. The van der Waals surface area contributed by atoms with Gasteiger partial charge in [-0.3, -0.25) is 19.9 Å². The second-order valence-electron chi connectivity index (χ2n) is 2.35. The zero-order chi connectivity index (χ0) is 13.1. The Morgan fingerprint density at radius 3 is 2.25 bits per heavy atom. The van der Waals surface area contributed by atoms with Crippen LogP contribution in [-0.4, -0.2) is 54.7 Å². The van der Waals surface area contributed by atoms with Gasteiger partial charge in [0, 0.05) is 14.1 Å². The van der Waals surface area contributed by atoms with Crippen molar-refractivity contribution in [3.63, 3.8) is 0 Å². The number of nitrogens with two attached hydrogens (primary N) is 1. The molecule has 0 aromatic carbocycles. The number of carbonyl (C=O) groups is 2. The number of halogens is 1. The molecule has 1 heterocycles. The highest BCUT2D eigenvalue weighted by Crippen LogP contribution is 2.14. The van der Waals surface area contributed by atoms with E-state index >= 15 is 0 Å². The number of carbonyl (C=O) groups excluding carboxylic acids is 2. The summed E-state index contributed by atoms with van der Waals surface area (Å²) in [4.78, 5) is 21.8. The van der Waals surface area contributed by atoms with Crippen molar-refractivity contribution < 1.29 is 9.59 Å². The lowest BCUT2D eigenvalue weighted by atomic mass is 10.6. The Morgan fingerprint density at radius 1 is 1.69 bits per heavy atom. The monoisotopic (exact) mass is 268 g/mol. The summed E-state index contributed by atoms with van der Waals surface area (Å²) in [6.07, 6.45) is 0. The molecule has 1 aliphatic heterocycles. The van der Waals surface area contributed by atoms with Crippen molar-refractivity contribution in [1.29, 1.82) is 5.41 Å². The highest BCUT2D eigenvalue weighted by molar-refractivity contribution is 8.14. The van der Waals surface area contributed by atoms with Crippen molar-refractivity contribution in [2.75, 3.05) is 32.8 Å². The molecule has 8 heteroatoms. The second-order valence-corrected chi connectivity index (χ2v) is 3.58. The van der Waals surface area contributed by atoms with Crippen LogP contribution in [0.5, 0.6) is 0 Å². The van der Waals surface area contributed by atoms with Crippen LogP contribution in [0.25, 0.3) is 0 Å². The highest BCUT2D eigenvalue weighted by atomic mass is 35.5. The van der Waals surface area contributed by atoms with Crippen molar-refractivity contribution in [2.45, 2.75) is 0 Å². The van der Waals surface area contributed by atoms with Gasteiger partial charge in [-0.05, 0) is 7.05 Å². The van der Waals surface area contributed by atoms with Crippen LogP contribution in [0, 0.1) is 5.41 Å². The van der Waals surface area contributed by atoms with Crippen LogP contribution in [-0.2, 0) is 9.59 Å². The van der Waals surface area contributed by atoms with Gasteiger partial charge in [-0.15, -0.1) is 11.6 Å². The lowest BCUT2D eigenvalue weighted by molar-refractivity contribution is -0.123. The highest BCUT2D eigenvalue weighted by Gasteiger charge is 2.21. The SMILES string of the molecule is CN.CN1C(=N)SCC1=O.CNC(=O)CCl. The average Bonchev–Trinajstić information content (AvgIpc) is 2.63. The Labute approximate surface area is 104 Å². The third-order valence-electron chi connectivity index (χ3n) is 1.41. The predicted molar refractivity (Wildman–Crippen MR) is 67.9 cm³/mol. The summed E-state index contributed by atoms with van der Waals surface area (Å²) in [5.74, 6) is 0.378. The Balaban J connectivity index is 0. The van der Waals surface area contributed by atoms with E-state index < -0.39 is 0 Å². The Hall–Kier alpha value is -0.790. The molecule has 2 amide bonds. The molecule has 1 rings (SSSR count). The van der Waals surface area contributed by atoms with E-state index in [4.69, 9.17) is 17.0 Å². The third-order valence-corrected chi connectivity index (χ3v) is 2.59. The molecular weight excluding hydrogens is 252 g/mol. The molecule has 0 aliphatic carbocycles. The number of amides is 2. The molecule has 6 nitrogen and oxygen atoms in total. The summed E-state index contributed by atoms with van der Waals surface area (Å²) in [5.41, 5.74) is 4.50. The van der Waals surface area contributed by atoms with E-state index in [0.29, 0.717) is 10.9 Å². The normalized spacial score (nSPS) is 13.4. The first-order valence-electron chi connectivity index (χ1n) is 4.35. The molecule has 0 radical (unpaired) electrons. The number of alkyl halides is 1. The van der Waals surface area contributed by atoms with Crippen molar-refractivity contribution in [1.82, 2.24) is 10.2 Å². The van der Waals surface area contributed by atoms with E-state index in [0.717, 1.165) is 0 Å². The fraction of sp³-hybridized carbons (Fsp3) is 0.625. The summed E-state index contributed by atoms with van der Waals surface area (Å²) in [6, 6.07) is 0. The predicted octanol–water partition coefficient (Wildman–Crippen LogP) is -0.328. The zero-order valence-electron chi connectivity index (χ0n) is 9.54. The van der Waals surface area contributed by atoms with Gasteiger partial charge < -0.3 is 11.1 Å². The molecule has 0 aromatic heterocycles. The fourth-order valence-electron chi connectivity index (χ4n) is 0.504. The van der Waals surface area contributed by atoms with E-state index in [9.17, 15) is 9.59 Å². The maximum absolute atomic E-state index is 10.5. The molecular formula is C8H17ClN4O2S. The maximum Gasteiger partial charge on any atom is 0.238 e. The minimum absolute atomic E-state index is 0.0278.